The molecule has 2 aromatic carbocycles. The van der Waals surface area contributed by atoms with Gasteiger partial charge in [-0.15, -0.1) is 0 Å². The van der Waals surface area contributed by atoms with Gasteiger partial charge in [0.05, 0.1) is 10.4 Å². The Hall–Kier alpha value is -1.59. The highest BCUT2D eigenvalue weighted by atomic mass is 79.9. The van der Waals surface area contributed by atoms with Crippen LogP contribution in [-0.2, 0) is 10.0 Å². The van der Waals surface area contributed by atoms with Gasteiger partial charge in [-0.2, -0.15) is 0 Å². The van der Waals surface area contributed by atoms with E-state index < -0.39 is 10.0 Å². The zero-order chi connectivity index (χ0) is 14.3. The number of fused-ring (bicyclic) bond motifs is 1. The van der Waals surface area contributed by atoms with E-state index in [4.69, 9.17) is 0 Å². The molecular weight excluding hydrogens is 338 g/mol. The molecule has 0 N–H and O–H groups in total. The van der Waals surface area contributed by atoms with Crippen molar-refractivity contribution in [3.05, 3.63) is 64.8 Å². The normalized spacial score (nSPS) is 11.9. The zero-order valence-corrected chi connectivity index (χ0v) is 13.1. The highest BCUT2D eigenvalue weighted by molar-refractivity contribution is 9.10. The Balaban J connectivity index is 2.28. The van der Waals surface area contributed by atoms with Gasteiger partial charge in [-0.3, -0.25) is 0 Å². The SMILES string of the molecule is Cc1cc2ccn(S(=O)(=O)c3ccccc3)c2cc1Br. The molecule has 0 saturated heterocycles. The van der Waals surface area contributed by atoms with Crippen molar-refractivity contribution in [2.45, 2.75) is 11.8 Å². The molecule has 102 valence electrons. The number of benzene rings is 2. The Morgan fingerprint density at radius 3 is 2.45 bits per heavy atom. The molecule has 1 aromatic heterocycles. The fourth-order valence-corrected chi connectivity index (χ4v) is 3.86. The average Bonchev–Trinajstić information content (AvgIpc) is 2.84. The minimum Gasteiger partial charge on any atom is -0.241 e. The zero-order valence-electron chi connectivity index (χ0n) is 10.7. The summed E-state index contributed by atoms with van der Waals surface area (Å²) < 4.78 is 27.5. The van der Waals surface area contributed by atoms with Crippen LogP contribution in [0.3, 0.4) is 0 Å². The lowest BCUT2D eigenvalue weighted by atomic mass is 10.2. The lowest BCUT2D eigenvalue weighted by Crippen LogP contribution is -2.11. The van der Waals surface area contributed by atoms with Crippen LogP contribution in [0.25, 0.3) is 10.9 Å². The quantitative estimate of drug-likeness (QED) is 0.702. The highest BCUT2D eigenvalue weighted by Gasteiger charge is 2.18. The monoisotopic (exact) mass is 349 g/mol. The van der Waals surface area contributed by atoms with Crippen LogP contribution in [0.2, 0.25) is 0 Å². The second kappa shape index (κ2) is 4.75. The lowest BCUT2D eigenvalue weighted by Gasteiger charge is -2.08. The number of nitrogens with zero attached hydrogens (tertiary/aromatic N) is 1. The molecular formula is C15H12BrNO2S. The van der Waals surface area contributed by atoms with Crippen LogP contribution in [0.15, 0.2) is 64.1 Å². The van der Waals surface area contributed by atoms with Crippen LogP contribution in [0.5, 0.6) is 0 Å². The Morgan fingerprint density at radius 2 is 1.75 bits per heavy atom. The van der Waals surface area contributed by atoms with Gasteiger partial charge in [0.15, 0.2) is 0 Å². The van der Waals surface area contributed by atoms with Crippen LogP contribution in [0.1, 0.15) is 5.56 Å². The Kier molecular flexibility index (Phi) is 3.18. The molecule has 5 heteroatoms. The number of aryl methyl sites for hydroxylation is 1. The minimum atomic E-state index is -3.56. The maximum atomic E-state index is 12.7. The molecule has 20 heavy (non-hydrogen) atoms. The summed E-state index contributed by atoms with van der Waals surface area (Å²) in [5.74, 6) is 0. The van der Waals surface area contributed by atoms with Crippen LogP contribution in [-0.4, -0.2) is 12.4 Å². The van der Waals surface area contributed by atoms with Crippen molar-refractivity contribution in [2.75, 3.05) is 0 Å². The summed E-state index contributed by atoms with van der Waals surface area (Å²) in [7, 11) is -3.56. The van der Waals surface area contributed by atoms with Gasteiger partial charge in [0.2, 0.25) is 0 Å². The second-order valence-corrected chi connectivity index (χ2v) is 7.26. The first-order valence-corrected chi connectivity index (χ1v) is 8.31. The third kappa shape index (κ3) is 2.07. The van der Waals surface area contributed by atoms with E-state index in [0.717, 1.165) is 15.4 Å². The first kappa shape index (κ1) is 13.4. The molecule has 0 bridgehead atoms. The minimum absolute atomic E-state index is 0.286. The van der Waals surface area contributed by atoms with Gasteiger partial charge in [-0.25, -0.2) is 12.4 Å². The van der Waals surface area contributed by atoms with Gasteiger partial charge in [0.1, 0.15) is 0 Å². The number of hydrogen-bond acceptors (Lipinski definition) is 2. The van der Waals surface area contributed by atoms with E-state index in [1.165, 1.54) is 3.97 Å². The molecule has 0 radical (unpaired) electrons. The first-order chi connectivity index (χ1) is 9.50. The molecule has 0 fully saturated rings. The molecule has 0 saturated carbocycles. The van der Waals surface area contributed by atoms with Crippen molar-refractivity contribution in [2.24, 2.45) is 0 Å². The van der Waals surface area contributed by atoms with E-state index in [-0.39, 0.29) is 4.90 Å². The van der Waals surface area contributed by atoms with Crippen LogP contribution < -0.4 is 0 Å². The van der Waals surface area contributed by atoms with Crippen molar-refractivity contribution in [3.63, 3.8) is 0 Å². The molecule has 3 aromatic rings. The fourth-order valence-electron chi connectivity index (χ4n) is 2.16. The predicted molar refractivity (Wildman–Crippen MR) is 83.4 cm³/mol. The molecule has 0 aliphatic rings. The Labute approximate surface area is 126 Å². The van der Waals surface area contributed by atoms with Crippen molar-refractivity contribution in [1.82, 2.24) is 3.97 Å². The number of aromatic nitrogens is 1. The van der Waals surface area contributed by atoms with Crippen molar-refractivity contribution in [3.8, 4) is 0 Å². The summed E-state index contributed by atoms with van der Waals surface area (Å²) in [5, 5.41) is 0.908. The maximum absolute atomic E-state index is 12.7. The Morgan fingerprint density at radius 1 is 1.05 bits per heavy atom. The summed E-state index contributed by atoms with van der Waals surface area (Å²) in [6, 6.07) is 14.1. The molecule has 0 atom stereocenters. The van der Waals surface area contributed by atoms with Gasteiger partial charge in [-0.05, 0) is 42.8 Å². The summed E-state index contributed by atoms with van der Waals surface area (Å²) in [5.41, 5.74) is 1.75. The number of hydrogen-bond donors (Lipinski definition) is 0. The topological polar surface area (TPSA) is 39.1 Å². The number of rotatable bonds is 2. The third-order valence-corrected chi connectivity index (χ3v) is 5.79. The molecule has 3 rings (SSSR count). The van der Waals surface area contributed by atoms with Gasteiger partial charge >= 0.3 is 0 Å². The average molecular weight is 350 g/mol. The van der Waals surface area contributed by atoms with Crippen LogP contribution in [0.4, 0.5) is 0 Å². The standard InChI is InChI=1S/C15H12BrNO2S/c1-11-9-12-7-8-17(15(12)10-14(11)16)20(18,19)13-5-3-2-4-6-13/h2-10H,1H3. The smallest absolute Gasteiger partial charge is 0.241 e. The summed E-state index contributed by atoms with van der Waals surface area (Å²) in [6.45, 7) is 1.98. The van der Waals surface area contributed by atoms with Crippen molar-refractivity contribution >= 4 is 36.9 Å². The lowest BCUT2D eigenvalue weighted by molar-refractivity contribution is 0.589. The molecule has 0 amide bonds. The van der Waals surface area contributed by atoms with E-state index in [1.54, 1.807) is 36.5 Å². The summed E-state index contributed by atoms with van der Waals surface area (Å²) >= 11 is 3.45. The molecule has 0 aliphatic carbocycles. The van der Waals surface area contributed by atoms with Gasteiger partial charge in [-0.1, -0.05) is 34.1 Å². The third-order valence-electron chi connectivity index (χ3n) is 3.23. The van der Waals surface area contributed by atoms with Gasteiger partial charge in [0, 0.05) is 16.1 Å². The van der Waals surface area contributed by atoms with Crippen LogP contribution in [0, 0.1) is 6.92 Å². The fraction of sp³-hybridized carbons (Fsp3) is 0.0667. The van der Waals surface area contributed by atoms with E-state index in [2.05, 4.69) is 15.9 Å². The van der Waals surface area contributed by atoms with Gasteiger partial charge < -0.3 is 0 Å². The Bertz CT molecular complexity index is 883. The maximum Gasteiger partial charge on any atom is 0.268 e. The highest BCUT2D eigenvalue weighted by Crippen LogP contribution is 2.27. The van der Waals surface area contributed by atoms with Crippen molar-refractivity contribution in [1.29, 1.82) is 0 Å². The van der Waals surface area contributed by atoms with Gasteiger partial charge in [0.25, 0.3) is 10.0 Å². The van der Waals surface area contributed by atoms with E-state index >= 15 is 0 Å². The molecule has 0 unspecified atom stereocenters. The van der Waals surface area contributed by atoms with E-state index in [9.17, 15) is 8.42 Å². The molecule has 3 nitrogen and oxygen atoms in total. The largest absolute Gasteiger partial charge is 0.268 e. The van der Waals surface area contributed by atoms with E-state index in [1.807, 2.05) is 25.1 Å². The summed E-state index contributed by atoms with van der Waals surface area (Å²) in [6.07, 6.45) is 1.60. The molecule has 0 aliphatic heterocycles. The van der Waals surface area contributed by atoms with Crippen LogP contribution >= 0.6 is 15.9 Å². The summed E-state index contributed by atoms with van der Waals surface area (Å²) in [4.78, 5) is 0.286. The predicted octanol–water partition coefficient (Wildman–Crippen LogP) is 3.95. The molecule has 0 spiro atoms. The van der Waals surface area contributed by atoms with E-state index in [0.29, 0.717) is 5.52 Å². The van der Waals surface area contributed by atoms with Crippen molar-refractivity contribution < 1.29 is 8.42 Å². The first-order valence-electron chi connectivity index (χ1n) is 6.08. The molecule has 1 heterocycles. The number of halogens is 1. The second-order valence-electron chi connectivity index (χ2n) is 4.59.